The predicted molar refractivity (Wildman–Crippen MR) is 79.2 cm³/mol. The molecule has 0 radical (unpaired) electrons. The highest BCUT2D eigenvalue weighted by molar-refractivity contribution is 6.33. The summed E-state index contributed by atoms with van der Waals surface area (Å²) in [6, 6.07) is 12.5. The highest BCUT2D eigenvalue weighted by Crippen LogP contribution is 2.34. The zero-order chi connectivity index (χ0) is 13.9. The highest BCUT2D eigenvalue weighted by Gasteiger charge is 2.20. The molecule has 0 saturated carbocycles. The Hall–Kier alpha value is -1.74. The number of nitrogens with one attached hydrogen (secondary N) is 1. The van der Waals surface area contributed by atoms with Crippen molar-refractivity contribution in [1.29, 1.82) is 0 Å². The smallest absolute Gasteiger partial charge is 0.124 e. The first-order chi connectivity index (χ1) is 9.74. The van der Waals surface area contributed by atoms with Crippen LogP contribution in [0.4, 0.5) is 10.1 Å². The summed E-state index contributed by atoms with van der Waals surface area (Å²) in [6.07, 6.45) is 0.961. The maximum Gasteiger partial charge on any atom is 0.124 e. The lowest BCUT2D eigenvalue weighted by Gasteiger charge is -2.26. The molecule has 0 saturated heterocycles. The molecule has 1 atom stereocenters. The maximum atomic E-state index is 13.0. The maximum absolute atomic E-state index is 13.0. The second-order valence-corrected chi connectivity index (χ2v) is 5.28. The van der Waals surface area contributed by atoms with E-state index in [1.54, 1.807) is 6.07 Å². The fourth-order valence-corrected chi connectivity index (χ4v) is 2.73. The summed E-state index contributed by atoms with van der Waals surface area (Å²) in [5.41, 5.74) is 1.97. The average molecular weight is 292 g/mol. The molecule has 0 bridgehead atoms. The number of benzene rings is 2. The van der Waals surface area contributed by atoms with Crippen molar-refractivity contribution in [2.45, 2.75) is 12.3 Å². The first kappa shape index (κ1) is 13.3. The topological polar surface area (TPSA) is 21.3 Å². The lowest BCUT2D eigenvalue weighted by Crippen LogP contribution is -2.20. The van der Waals surface area contributed by atoms with Gasteiger partial charge in [0.15, 0.2) is 0 Å². The number of fused-ring (bicyclic) bond motifs is 1. The molecule has 3 rings (SSSR count). The van der Waals surface area contributed by atoms with Crippen molar-refractivity contribution >= 4 is 17.3 Å². The normalized spacial score (nSPS) is 17.2. The Morgan fingerprint density at radius 3 is 2.95 bits per heavy atom. The Bertz CT molecular complexity index is 617. The zero-order valence-corrected chi connectivity index (χ0v) is 11.7. The largest absolute Gasteiger partial charge is 0.493 e. The van der Waals surface area contributed by atoms with Crippen molar-refractivity contribution in [3.05, 3.63) is 58.9 Å². The Kier molecular flexibility index (Phi) is 3.79. The number of ether oxygens (including phenoxy) is 1. The number of hydrogen-bond donors (Lipinski definition) is 1. The van der Waals surface area contributed by atoms with Crippen LogP contribution in [0.1, 0.15) is 17.9 Å². The van der Waals surface area contributed by atoms with Gasteiger partial charge in [0, 0.05) is 12.5 Å². The SMILES string of the molecule is Fc1ccc(NCC2CCOc3ccccc32)c(Cl)c1. The van der Waals surface area contributed by atoms with Gasteiger partial charge in [0.25, 0.3) is 0 Å². The summed E-state index contributed by atoms with van der Waals surface area (Å²) < 4.78 is 18.7. The van der Waals surface area contributed by atoms with E-state index in [4.69, 9.17) is 16.3 Å². The minimum absolute atomic E-state index is 0.322. The Morgan fingerprint density at radius 2 is 2.10 bits per heavy atom. The number of rotatable bonds is 3. The molecule has 0 fully saturated rings. The monoisotopic (exact) mass is 291 g/mol. The molecule has 20 heavy (non-hydrogen) atoms. The molecule has 1 heterocycles. The highest BCUT2D eigenvalue weighted by atomic mass is 35.5. The van der Waals surface area contributed by atoms with Crippen molar-refractivity contribution in [1.82, 2.24) is 0 Å². The fraction of sp³-hybridized carbons (Fsp3) is 0.250. The number of para-hydroxylation sites is 1. The predicted octanol–water partition coefficient (Wildman–Crippen LogP) is 4.46. The molecule has 2 aromatic rings. The Labute approximate surface area is 122 Å². The summed E-state index contributed by atoms with van der Waals surface area (Å²) in [6.45, 7) is 1.48. The summed E-state index contributed by atoms with van der Waals surface area (Å²) >= 11 is 6.02. The van der Waals surface area contributed by atoms with Gasteiger partial charge in [-0.15, -0.1) is 0 Å². The van der Waals surface area contributed by atoms with Gasteiger partial charge in [-0.05, 0) is 36.2 Å². The van der Waals surface area contributed by atoms with Crippen LogP contribution in [0.3, 0.4) is 0 Å². The molecule has 0 amide bonds. The minimum atomic E-state index is -0.322. The third-order valence-electron chi connectivity index (χ3n) is 3.55. The van der Waals surface area contributed by atoms with E-state index in [0.29, 0.717) is 10.9 Å². The van der Waals surface area contributed by atoms with Gasteiger partial charge in [0.05, 0.1) is 17.3 Å². The van der Waals surface area contributed by atoms with Gasteiger partial charge in [-0.2, -0.15) is 0 Å². The van der Waals surface area contributed by atoms with Crippen LogP contribution in [-0.2, 0) is 0 Å². The third kappa shape index (κ3) is 2.73. The van der Waals surface area contributed by atoms with Crippen LogP contribution in [0.25, 0.3) is 0 Å². The van der Waals surface area contributed by atoms with Crippen LogP contribution in [0, 0.1) is 5.82 Å². The Morgan fingerprint density at radius 1 is 1.25 bits per heavy atom. The molecule has 1 unspecified atom stereocenters. The van der Waals surface area contributed by atoms with Gasteiger partial charge in [0.2, 0.25) is 0 Å². The van der Waals surface area contributed by atoms with Crippen LogP contribution >= 0.6 is 11.6 Å². The van der Waals surface area contributed by atoms with Gasteiger partial charge in [-0.1, -0.05) is 29.8 Å². The lowest BCUT2D eigenvalue weighted by atomic mass is 9.93. The number of halogens is 2. The van der Waals surface area contributed by atoms with Crippen LogP contribution in [0.2, 0.25) is 5.02 Å². The summed E-state index contributed by atoms with van der Waals surface area (Å²) in [4.78, 5) is 0. The molecule has 2 aromatic carbocycles. The second-order valence-electron chi connectivity index (χ2n) is 4.88. The zero-order valence-electron chi connectivity index (χ0n) is 10.9. The van der Waals surface area contributed by atoms with Crippen molar-refractivity contribution < 1.29 is 9.13 Å². The van der Waals surface area contributed by atoms with E-state index in [2.05, 4.69) is 11.4 Å². The van der Waals surface area contributed by atoms with Gasteiger partial charge >= 0.3 is 0 Å². The molecule has 2 nitrogen and oxygen atoms in total. The first-order valence-electron chi connectivity index (χ1n) is 6.64. The molecule has 0 aromatic heterocycles. The van der Waals surface area contributed by atoms with Crippen molar-refractivity contribution in [2.75, 3.05) is 18.5 Å². The van der Waals surface area contributed by atoms with Crippen molar-refractivity contribution in [3.8, 4) is 5.75 Å². The van der Waals surface area contributed by atoms with E-state index in [1.807, 2.05) is 18.2 Å². The molecule has 0 spiro atoms. The van der Waals surface area contributed by atoms with Crippen LogP contribution in [-0.4, -0.2) is 13.2 Å². The van der Waals surface area contributed by atoms with Crippen LogP contribution in [0.15, 0.2) is 42.5 Å². The summed E-state index contributed by atoms with van der Waals surface area (Å²) in [5, 5.41) is 3.70. The molecule has 1 N–H and O–H groups in total. The third-order valence-corrected chi connectivity index (χ3v) is 3.87. The molecule has 104 valence electrons. The van der Waals surface area contributed by atoms with E-state index in [-0.39, 0.29) is 5.82 Å². The summed E-state index contributed by atoms with van der Waals surface area (Å²) in [5.74, 6) is 1.01. The quantitative estimate of drug-likeness (QED) is 0.901. The van der Waals surface area contributed by atoms with Crippen molar-refractivity contribution in [2.24, 2.45) is 0 Å². The fourth-order valence-electron chi connectivity index (χ4n) is 2.49. The molecule has 1 aliphatic heterocycles. The van der Waals surface area contributed by atoms with Crippen LogP contribution in [0.5, 0.6) is 5.75 Å². The molecule has 1 aliphatic rings. The van der Waals surface area contributed by atoms with Gasteiger partial charge < -0.3 is 10.1 Å². The van der Waals surface area contributed by atoms with E-state index in [0.717, 1.165) is 31.0 Å². The van der Waals surface area contributed by atoms with E-state index >= 15 is 0 Å². The molecule has 0 aliphatic carbocycles. The van der Waals surface area contributed by atoms with Gasteiger partial charge in [-0.25, -0.2) is 4.39 Å². The lowest BCUT2D eigenvalue weighted by molar-refractivity contribution is 0.270. The average Bonchev–Trinajstić information content (AvgIpc) is 2.46. The Balaban J connectivity index is 1.73. The minimum Gasteiger partial charge on any atom is -0.493 e. The number of anilines is 1. The number of hydrogen-bond acceptors (Lipinski definition) is 2. The van der Waals surface area contributed by atoms with Crippen LogP contribution < -0.4 is 10.1 Å². The van der Waals surface area contributed by atoms with E-state index in [9.17, 15) is 4.39 Å². The molecule has 4 heteroatoms. The van der Waals surface area contributed by atoms with Gasteiger partial charge in [-0.3, -0.25) is 0 Å². The van der Waals surface area contributed by atoms with E-state index in [1.165, 1.54) is 17.7 Å². The van der Waals surface area contributed by atoms with E-state index < -0.39 is 0 Å². The standard InChI is InChI=1S/C16H15ClFNO/c17-14-9-12(18)5-6-15(14)19-10-11-7-8-20-16-4-2-1-3-13(11)16/h1-6,9,11,19H,7-8,10H2. The van der Waals surface area contributed by atoms with Gasteiger partial charge in [0.1, 0.15) is 11.6 Å². The molecular weight excluding hydrogens is 277 g/mol. The molecular formula is C16H15ClFNO. The summed E-state index contributed by atoms with van der Waals surface area (Å²) in [7, 11) is 0. The second kappa shape index (κ2) is 5.71. The first-order valence-corrected chi connectivity index (χ1v) is 7.02. The van der Waals surface area contributed by atoms with Crippen molar-refractivity contribution in [3.63, 3.8) is 0 Å².